The lowest BCUT2D eigenvalue weighted by Crippen LogP contribution is -2.56. The highest BCUT2D eigenvalue weighted by atomic mass is 35.5. The quantitative estimate of drug-likeness (QED) is 0.764. The van der Waals surface area contributed by atoms with E-state index in [4.69, 9.17) is 0 Å². The second-order valence-corrected chi connectivity index (χ2v) is 5.26. The molecule has 1 N–H and O–H groups in total. The molecule has 1 aliphatic carbocycles. The molecule has 3 rings (SSSR count). The molecule has 2 saturated heterocycles. The van der Waals surface area contributed by atoms with Crippen LogP contribution in [0, 0.1) is 0 Å². The first kappa shape index (κ1) is 14.5. The number of halogens is 2. The van der Waals surface area contributed by atoms with Crippen LogP contribution in [0.5, 0.6) is 0 Å². The summed E-state index contributed by atoms with van der Waals surface area (Å²) in [5, 5.41) is 3.47. The lowest BCUT2D eigenvalue weighted by atomic mass is 10.1. The van der Waals surface area contributed by atoms with E-state index in [-0.39, 0.29) is 24.8 Å². The molecule has 0 aromatic heterocycles. The molecule has 3 nitrogen and oxygen atoms in total. The maximum Gasteiger partial charge on any atom is 0.0335 e. The summed E-state index contributed by atoms with van der Waals surface area (Å²) in [5.41, 5.74) is 0.598. The molecule has 2 aliphatic heterocycles. The average Bonchev–Trinajstić information content (AvgIpc) is 2.77. The normalized spacial score (nSPS) is 33.2. The molecule has 0 amide bonds. The fraction of sp³-hybridized carbons (Fsp3) is 1.00. The Morgan fingerprint density at radius 2 is 1.94 bits per heavy atom. The van der Waals surface area contributed by atoms with Gasteiger partial charge in [-0.15, -0.1) is 24.8 Å². The fourth-order valence-electron chi connectivity index (χ4n) is 3.04. The first-order valence-electron chi connectivity index (χ1n) is 5.96. The maximum absolute atomic E-state index is 3.47. The molecule has 5 heteroatoms. The summed E-state index contributed by atoms with van der Waals surface area (Å²) in [6, 6.07) is 0.834. The van der Waals surface area contributed by atoms with Gasteiger partial charge in [-0.1, -0.05) is 0 Å². The second-order valence-electron chi connectivity index (χ2n) is 5.26. The zero-order valence-corrected chi connectivity index (χ0v) is 11.6. The minimum Gasteiger partial charge on any atom is -0.315 e. The minimum atomic E-state index is 0. The summed E-state index contributed by atoms with van der Waals surface area (Å²) in [5.74, 6) is 0. The van der Waals surface area contributed by atoms with Gasteiger partial charge in [-0.05, 0) is 32.9 Å². The fourth-order valence-corrected chi connectivity index (χ4v) is 3.04. The molecule has 0 radical (unpaired) electrons. The van der Waals surface area contributed by atoms with E-state index in [1.807, 2.05) is 0 Å². The molecule has 1 saturated carbocycles. The molecule has 96 valence electrons. The van der Waals surface area contributed by atoms with Crippen LogP contribution in [0.25, 0.3) is 0 Å². The number of piperazine rings is 1. The van der Waals surface area contributed by atoms with Crippen LogP contribution < -0.4 is 5.32 Å². The van der Waals surface area contributed by atoms with Crippen molar-refractivity contribution in [2.75, 3.05) is 39.8 Å². The summed E-state index contributed by atoms with van der Waals surface area (Å²) in [6.45, 7) is 6.33. The van der Waals surface area contributed by atoms with Gasteiger partial charge in [0.1, 0.15) is 0 Å². The van der Waals surface area contributed by atoms with E-state index in [2.05, 4.69) is 22.2 Å². The van der Waals surface area contributed by atoms with Crippen LogP contribution in [-0.2, 0) is 0 Å². The highest BCUT2D eigenvalue weighted by molar-refractivity contribution is 5.85. The van der Waals surface area contributed by atoms with Gasteiger partial charge >= 0.3 is 0 Å². The Bertz CT molecular complexity index is 227. The van der Waals surface area contributed by atoms with Gasteiger partial charge < -0.3 is 5.32 Å². The van der Waals surface area contributed by atoms with Crippen LogP contribution in [0.4, 0.5) is 0 Å². The van der Waals surface area contributed by atoms with Crippen molar-refractivity contribution in [3.05, 3.63) is 0 Å². The minimum absolute atomic E-state index is 0. The van der Waals surface area contributed by atoms with Crippen molar-refractivity contribution in [2.45, 2.75) is 30.8 Å². The molecule has 1 spiro atoms. The Kier molecular flexibility index (Phi) is 4.90. The molecule has 1 unspecified atom stereocenters. The summed E-state index contributed by atoms with van der Waals surface area (Å²) < 4.78 is 0. The van der Waals surface area contributed by atoms with Gasteiger partial charge in [0.05, 0.1) is 0 Å². The molecule has 0 aromatic carbocycles. The third kappa shape index (κ3) is 2.49. The zero-order chi connectivity index (χ0) is 9.60. The van der Waals surface area contributed by atoms with Crippen molar-refractivity contribution < 1.29 is 0 Å². The first-order valence-corrected chi connectivity index (χ1v) is 5.96. The smallest absolute Gasteiger partial charge is 0.0335 e. The largest absolute Gasteiger partial charge is 0.315 e. The summed E-state index contributed by atoms with van der Waals surface area (Å²) >= 11 is 0. The molecule has 0 bridgehead atoms. The third-order valence-electron chi connectivity index (χ3n) is 4.41. The monoisotopic (exact) mass is 267 g/mol. The van der Waals surface area contributed by atoms with Gasteiger partial charge in [0.2, 0.25) is 0 Å². The number of nitrogens with zero attached hydrogens (tertiary/aromatic N) is 2. The number of hydrogen-bond donors (Lipinski definition) is 1. The van der Waals surface area contributed by atoms with Crippen LogP contribution in [0.15, 0.2) is 0 Å². The predicted octanol–water partition coefficient (Wildman–Crippen LogP) is 0.972. The number of rotatable bonds is 1. The molecule has 3 fully saturated rings. The molecule has 2 heterocycles. The predicted molar refractivity (Wildman–Crippen MR) is 71.9 cm³/mol. The van der Waals surface area contributed by atoms with Gasteiger partial charge in [-0.2, -0.15) is 0 Å². The Hall–Kier alpha value is 0.460. The van der Waals surface area contributed by atoms with Crippen LogP contribution in [0.3, 0.4) is 0 Å². The first-order chi connectivity index (χ1) is 6.80. The van der Waals surface area contributed by atoms with E-state index >= 15 is 0 Å². The van der Waals surface area contributed by atoms with Crippen molar-refractivity contribution in [1.82, 2.24) is 15.1 Å². The molecule has 1 atom stereocenters. The van der Waals surface area contributed by atoms with E-state index in [9.17, 15) is 0 Å². The Morgan fingerprint density at radius 1 is 1.19 bits per heavy atom. The van der Waals surface area contributed by atoms with E-state index in [1.165, 1.54) is 52.0 Å². The van der Waals surface area contributed by atoms with E-state index in [0.717, 1.165) is 6.04 Å². The van der Waals surface area contributed by atoms with Crippen molar-refractivity contribution in [2.24, 2.45) is 0 Å². The molecule has 0 aromatic rings. The Labute approximate surface area is 111 Å². The van der Waals surface area contributed by atoms with E-state index in [1.54, 1.807) is 0 Å². The SMILES string of the molecule is CN1CCN(C2CCNC2)CC12CC2.Cl.Cl. The Morgan fingerprint density at radius 3 is 2.50 bits per heavy atom. The summed E-state index contributed by atoms with van der Waals surface area (Å²) in [6.07, 6.45) is 4.22. The maximum atomic E-state index is 3.47. The van der Waals surface area contributed by atoms with Crippen LogP contribution in [0.2, 0.25) is 0 Å². The summed E-state index contributed by atoms with van der Waals surface area (Å²) in [7, 11) is 2.30. The molecule has 16 heavy (non-hydrogen) atoms. The van der Waals surface area contributed by atoms with Crippen molar-refractivity contribution in [3.63, 3.8) is 0 Å². The third-order valence-corrected chi connectivity index (χ3v) is 4.41. The topological polar surface area (TPSA) is 18.5 Å². The van der Waals surface area contributed by atoms with Gasteiger partial charge in [0.15, 0.2) is 0 Å². The van der Waals surface area contributed by atoms with Gasteiger partial charge in [0.25, 0.3) is 0 Å². The van der Waals surface area contributed by atoms with Crippen molar-refractivity contribution in [3.8, 4) is 0 Å². The number of nitrogens with one attached hydrogen (secondary N) is 1. The van der Waals surface area contributed by atoms with Gasteiger partial charge in [-0.25, -0.2) is 0 Å². The lowest BCUT2D eigenvalue weighted by Gasteiger charge is -2.42. The van der Waals surface area contributed by atoms with E-state index < -0.39 is 0 Å². The average molecular weight is 268 g/mol. The highest BCUT2D eigenvalue weighted by Crippen LogP contribution is 2.43. The number of hydrogen-bond acceptors (Lipinski definition) is 3. The standard InChI is InChI=1S/C11H21N3.2ClH/c1-13-6-7-14(9-11(13)3-4-11)10-2-5-12-8-10;;/h10,12H,2-9H2,1H3;2*1H. The van der Waals surface area contributed by atoms with Crippen LogP contribution in [-0.4, -0.2) is 61.2 Å². The van der Waals surface area contributed by atoms with Crippen LogP contribution in [0.1, 0.15) is 19.3 Å². The molecule has 3 aliphatic rings. The van der Waals surface area contributed by atoms with Crippen LogP contribution >= 0.6 is 24.8 Å². The van der Waals surface area contributed by atoms with Gasteiger partial charge in [0, 0.05) is 37.8 Å². The second kappa shape index (κ2) is 5.40. The molecular formula is C11H23Cl2N3. The van der Waals surface area contributed by atoms with Crippen molar-refractivity contribution >= 4 is 24.8 Å². The lowest BCUT2D eigenvalue weighted by molar-refractivity contribution is 0.0565. The molecular weight excluding hydrogens is 245 g/mol. The number of likely N-dealkylation sites (N-methyl/N-ethyl adjacent to an activating group) is 1. The van der Waals surface area contributed by atoms with Crippen molar-refractivity contribution in [1.29, 1.82) is 0 Å². The highest BCUT2D eigenvalue weighted by Gasteiger charge is 2.50. The van der Waals surface area contributed by atoms with Gasteiger partial charge in [-0.3, -0.25) is 9.80 Å². The van der Waals surface area contributed by atoms with E-state index in [0.29, 0.717) is 5.54 Å². The Balaban J connectivity index is 0.000000640. The summed E-state index contributed by atoms with van der Waals surface area (Å²) in [4.78, 5) is 5.32. The zero-order valence-electron chi connectivity index (χ0n) is 9.95.